The maximum Gasteiger partial charge on any atom is 0.303 e. The van der Waals surface area contributed by atoms with Gasteiger partial charge in [-0.1, -0.05) is 64.0 Å². The molecule has 0 rings (SSSR count). The third kappa shape index (κ3) is 15.4. The Balaban J connectivity index is 3.93. The van der Waals surface area contributed by atoms with Gasteiger partial charge < -0.3 is 5.11 Å². The summed E-state index contributed by atoms with van der Waals surface area (Å²) in [6, 6.07) is 0. The van der Waals surface area contributed by atoms with Crippen LogP contribution in [0.5, 0.6) is 0 Å². The van der Waals surface area contributed by atoms with E-state index in [0.29, 0.717) is 6.42 Å². The number of rotatable bonds is 15. The molecule has 0 fully saturated rings. The smallest absolute Gasteiger partial charge is 0.303 e. The number of aliphatic carboxylic acids is 1. The summed E-state index contributed by atoms with van der Waals surface area (Å²) in [6.45, 7) is 4.51. The minimum Gasteiger partial charge on any atom is -0.481 e. The van der Waals surface area contributed by atoms with Crippen molar-refractivity contribution in [3.63, 3.8) is 0 Å². The van der Waals surface area contributed by atoms with E-state index in [4.69, 9.17) is 5.11 Å². The average molecular weight is 296 g/mol. The summed E-state index contributed by atoms with van der Waals surface area (Å²) in [4.78, 5) is 10.5. The highest BCUT2D eigenvalue weighted by Gasteiger charge is 2.00. The molecule has 0 saturated carbocycles. The Kier molecular flexibility index (Phi) is 15.0. The van der Waals surface area contributed by atoms with Gasteiger partial charge in [-0.25, -0.2) is 0 Å². The molecule has 0 saturated heterocycles. The summed E-state index contributed by atoms with van der Waals surface area (Å²) in [5.74, 6) is -0.668. The van der Waals surface area contributed by atoms with Crippen LogP contribution in [0.4, 0.5) is 0 Å². The number of hydrogen-bond acceptors (Lipinski definition) is 1. The summed E-state index contributed by atoms with van der Waals surface area (Å²) in [6.07, 6.45) is 18.7. The number of carboxylic acid groups (broad SMARTS) is 1. The SMILES string of the molecule is CCCCCCC(=CCCCCC(=O)O)CCCCCC. The van der Waals surface area contributed by atoms with E-state index in [0.717, 1.165) is 19.3 Å². The summed E-state index contributed by atoms with van der Waals surface area (Å²) in [5, 5.41) is 8.64. The molecule has 0 aromatic carbocycles. The van der Waals surface area contributed by atoms with E-state index < -0.39 is 5.97 Å². The largest absolute Gasteiger partial charge is 0.481 e. The molecule has 1 N–H and O–H groups in total. The first-order valence-corrected chi connectivity index (χ1v) is 9.10. The Bertz CT molecular complexity index is 255. The molecule has 0 heterocycles. The second kappa shape index (κ2) is 15.6. The Hall–Kier alpha value is -0.790. The van der Waals surface area contributed by atoms with Crippen LogP contribution in [-0.4, -0.2) is 11.1 Å². The highest BCUT2D eigenvalue weighted by atomic mass is 16.4. The molecule has 0 spiro atoms. The Morgan fingerprint density at radius 3 is 1.76 bits per heavy atom. The van der Waals surface area contributed by atoms with Gasteiger partial charge in [0.1, 0.15) is 0 Å². The zero-order chi connectivity index (χ0) is 15.8. The van der Waals surface area contributed by atoms with Crippen molar-refractivity contribution >= 4 is 5.97 Å². The second-order valence-corrected chi connectivity index (χ2v) is 6.12. The molecule has 0 bridgehead atoms. The van der Waals surface area contributed by atoms with Crippen LogP contribution in [0, 0.1) is 0 Å². The van der Waals surface area contributed by atoms with E-state index in [9.17, 15) is 4.79 Å². The van der Waals surface area contributed by atoms with E-state index in [1.807, 2.05) is 0 Å². The monoisotopic (exact) mass is 296 g/mol. The van der Waals surface area contributed by atoms with Crippen molar-refractivity contribution in [3.8, 4) is 0 Å². The number of hydrogen-bond donors (Lipinski definition) is 1. The topological polar surface area (TPSA) is 37.3 Å². The molecule has 21 heavy (non-hydrogen) atoms. The van der Waals surface area contributed by atoms with Crippen LogP contribution >= 0.6 is 0 Å². The van der Waals surface area contributed by atoms with Gasteiger partial charge in [-0.3, -0.25) is 4.79 Å². The first-order valence-electron chi connectivity index (χ1n) is 9.10. The van der Waals surface area contributed by atoms with Gasteiger partial charge in [0, 0.05) is 6.42 Å². The molecule has 0 aliphatic rings. The van der Waals surface area contributed by atoms with E-state index in [-0.39, 0.29) is 0 Å². The number of allylic oxidation sites excluding steroid dienone is 2. The summed E-state index contributed by atoms with van der Waals surface area (Å²) in [5.41, 5.74) is 1.62. The van der Waals surface area contributed by atoms with Crippen LogP contribution in [0.3, 0.4) is 0 Å². The van der Waals surface area contributed by atoms with Gasteiger partial charge in [0.15, 0.2) is 0 Å². The molecule has 0 atom stereocenters. The molecule has 0 radical (unpaired) electrons. The van der Waals surface area contributed by atoms with Crippen molar-refractivity contribution in [2.45, 2.75) is 104 Å². The number of unbranched alkanes of at least 4 members (excludes halogenated alkanes) is 8. The van der Waals surface area contributed by atoms with E-state index in [1.54, 1.807) is 5.57 Å². The fourth-order valence-corrected chi connectivity index (χ4v) is 2.61. The molecule has 0 aromatic rings. The van der Waals surface area contributed by atoms with Crippen molar-refractivity contribution < 1.29 is 9.90 Å². The number of carboxylic acids is 1. The standard InChI is InChI=1S/C19H36O2/c1-3-5-7-10-14-18(15-11-8-6-4-2)16-12-9-13-17-19(20)21/h16H,3-15,17H2,1-2H3,(H,20,21). The van der Waals surface area contributed by atoms with Crippen molar-refractivity contribution in [2.75, 3.05) is 0 Å². The lowest BCUT2D eigenvalue weighted by atomic mass is 9.98. The first-order chi connectivity index (χ1) is 10.2. The van der Waals surface area contributed by atoms with E-state index in [2.05, 4.69) is 19.9 Å². The minimum atomic E-state index is -0.668. The van der Waals surface area contributed by atoms with Crippen molar-refractivity contribution in [1.82, 2.24) is 0 Å². The summed E-state index contributed by atoms with van der Waals surface area (Å²) >= 11 is 0. The van der Waals surface area contributed by atoms with Crippen molar-refractivity contribution in [3.05, 3.63) is 11.6 Å². The Morgan fingerprint density at radius 2 is 1.29 bits per heavy atom. The van der Waals surface area contributed by atoms with Crippen LogP contribution in [0.15, 0.2) is 11.6 Å². The lowest BCUT2D eigenvalue weighted by Gasteiger charge is -2.08. The third-order valence-corrected chi connectivity index (χ3v) is 3.98. The summed E-state index contributed by atoms with van der Waals surface area (Å²) < 4.78 is 0. The van der Waals surface area contributed by atoms with Gasteiger partial charge in [-0.05, 0) is 44.9 Å². The van der Waals surface area contributed by atoms with Crippen LogP contribution < -0.4 is 0 Å². The van der Waals surface area contributed by atoms with Crippen LogP contribution in [0.25, 0.3) is 0 Å². The van der Waals surface area contributed by atoms with E-state index >= 15 is 0 Å². The highest BCUT2D eigenvalue weighted by Crippen LogP contribution is 2.19. The normalized spacial score (nSPS) is 10.6. The first kappa shape index (κ1) is 20.2. The molecular formula is C19H36O2. The third-order valence-electron chi connectivity index (χ3n) is 3.98. The zero-order valence-electron chi connectivity index (χ0n) is 14.3. The van der Waals surface area contributed by atoms with Gasteiger partial charge in [0.05, 0.1) is 0 Å². The van der Waals surface area contributed by atoms with Crippen LogP contribution in [-0.2, 0) is 4.79 Å². The molecule has 2 nitrogen and oxygen atoms in total. The molecule has 0 aromatic heterocycles. The van der Waals surface area contributed by atoms with Crippen LogP contribution in [0.2, 0.25) is 0 Å². The van der Waals surface area contributed by atoms with Gasteiger partial charge in [-0.2, -0.15) is 0 Å². The van der Waals surface area contributed by atoms with E-state index in [1.165, 1.54) is 64.2 Å². The maximum absolute atomic E-state index is 10.5. The number of carbonyl (C=O) groups is 1. The predicted molar refractivity (Wildman–Crippen MR) is 91.7 cm³/mol. The zero-order valence-corrected chi connectivity index (χ0v) is 14.3. The lowest BCUT2D eigenvalue weighted by molar-refractivity contribution is -0.137. The van der Waals surface area contributed by atoms with Crippen molar-refractivity contribution in [2.24, 2.45) is 0 Å². The average Bonchev–Trinajstić information content (AvgIpc) is 2.46. The predicted octanol–water partition coefficient (Wildman–Crippen LogP) is 6.50. The van der Waals surface area contributed by atoms with Crippen molar-refractivity contribution in [1.29, 1.82) is 0 Å². The quantitative estimate of drug-likeness (QED) is 0.277. The summed E-state index contributed by atoms with van der Waals surface area (Å²) in [7, 11) is 0. The molecule has 0 unspecified atom stereocenters. The molecular weight excluding hydrogens is 260 g/mol. The highest BCUT2D eigenvalue weighted by molar-refractivity contribution is 5.66. The molecule has 0 amide bonds. The lowest BCUT2D eigenvalue weighted by Crippen LogP contribution is -1.93. The molecule has 124 valence electrons. The Labute approximate surface area is 132 Å². The maximum atomic E-state index is 10.5. The van der Waals surface area contributed by atoms with Gasteiger partial charge in [0.2, 0.25) is 0 Å². The fraction of sp³-hybridized carbons (Fsp3) is 0.842. The fourth-order valence-electron chi connectivity index (χ4n) is 2.61. The van der Waals surface area contributed by atoms with Crippen LogP contribution in [0.1, 0.15) is 104 Å². The minimum absolute atomic E-state index is 0.316. The Morgan fingerprint density at radius 1 is 0.762 bits per heavy atom. The molecule has 2 heteroatoms. The van der Waals surface area contributed by atoms with Gasteiger partial charge in [-0.15, -0.1) is 0 Å². The van der Waals surface area contributed by atoms with Gasteiger partial charge >= 0.3 is 5.97 Å². The molecule has 0 aliphatic heterocycles. The second-order valence-electron chi connectivity index (χ2n) is 6.12. The molecule has 0 aliphatic carbocycles. The van der Waals surface area contributed by atoms with Gasteiger partial charge in [0.25, 0.3) is 0 Å².